The first kappa shape index (κ1) is 14.6. The van der Waals surface area contributed by atoms with E-state index < -0.39 is 22.8 Å². The van der Waals surface area contributed by atoms with Crippen molar-refractivity contribution < 1.29 is 19.3 Å². The lowest BCUT2D eigenvalue weighted by Gasteiger charge is -2.22. The van der Waals surface area contributed by atoms with E-state index in [9.17, 15) is 24.5 Å². The van der Waals surface area contributed by atoms with Crippen LogP contribution in [-0.2, 0) is 16.1 Å². The third-order valence-electron chi connectivity index (χ3n) is 3.41. The Labute approximate surface area is 119 Å². The van der Waals surface area contributed by atoms with Crippen molar-refractivity contribution in [2.24, 2.45) is 5.73 Å². The smallest absolute Gasteiger partial charge is 0.275 e. The van der Waals surface area contributed by atoms with Crippen LogP contribution in [-0.4, -0.2) is 34.0 Å². The summed E-state index contributed by atoms with van der Waals surface area (Å²) in [4.78, 5) is 45.8. The van der Waals surface area contributed by atoms with E-state index in [1.165, 1.54) is 23.1 Å². The fraction of sp³-hybridized carbons (Fsp3) is 0.308. The zero-order valence-electron chi connectivity index (χ0n) is 11.0. The van der Waals surface area contributed by atoms with E-state index in [-0.39, 0.29) is 30.6 Å². The largest absolute Gasteiger partial charge is 0.370 e. The molecule has 0 bridgehead atoms. The number of benzene rings is 1. The lowest BCUT2D eigenvalue weighted by molar-refractivity contribution is -0.385. The Bertz CT molecular complexity index is 628. The van der Waals surface area contributed by atoms with Crippen molar-refractivity contribution >= 4 is 23.8 Å². The quantitative estimate of drug-likeness (QED) is 0.461. The number of fused-ring (bicyclic) bond motifs is 1. The normalized spacial score (nSPS) is 14.7. The van der Waals surface area contributed by atoms with Crippen LogP contribution in [0.25, 0.3) is 0 Å². The van der Waals surface area contributed by atoms with Crippen molar-refractivity contribution in [2.75, 3.05) is 0 Å². The molecule has 1 atom stereocenters. The van der Waals surface area contributed by atoms with E-state index in [1.807, 2.05) is 0 Å². The molecule has 0 saturated heterocycles. The molecule has 2 rings (SSSR count). The van der Waals surface area contributed by atoms with Crippen LogP contribution in [0.4, 0.5) is 5.69 Å². The van der Waals surface area contributed by atoms with Crippen LogP contribution in [0.2, 0.25) is 0 Å². The molecule has 0 spiro atoms. The minimum atomic E-state index is -0.822. The van der Waals surface area contributed by atoms with Gasteiger partial charge in [0.15, 0.2) is 0 Å². The summed E-state index contributed by atoms with van der Waals surface area (Å²) in [5.41, 5.74) is 5.39. The Morgan fingerprint density at radius 3 is 2.81 bits per heavy atom. The number of aldehydes is 1. The van der Waals surface area contributed by atoms with Gasteiger partial charge >= 0.3 is 0 Å². The summed E-state index contributed by atoms with van der Waals surface area (Å²) in [6.07, 6.45) is 0.622. The van der Waals surface area contributed by atoms with E-state index in [0.717, 1.165) is 0 Å². The molecule has 1 aliphatic heterocycles. The molecule has 0 saturated carbocycles. The van der Waals surface area contributed by atoms with Crippen molar-refractivity contribution in [3.8, 4) is 0 Å². The first-order chi connectivity index (χ1) is 9.95. The minimum absolute atomic E-state index is 0.0203. The summed E-state index contributed by atoms with van der Waals surface area (Å²) in [6.45, 7) is -0.0203. The molecule has 1 aliphatic rings. The summed E-state index contributed by atoms with van der Waals surface area (Å²) in [7, 11) is 0. The summed E-state index contributed by atoms with van der Waals surface area (Å²) >= 11 is 0. The fourth-order valence-electron chi connectivity index (χ4n) is 2.36. The van der Waals surface area contributed by atoms with E-state index in [2.05, 4.69) is 0 Å². The van der Waals surface area contributed by atoms with Crippen molar-refractivity contribution in [1.82, 2.24) is 4.90 Å². The van der Waals surface area contributed by atoms with Crippen molar-refractivity contribution in [3.05, 3.63) is 39.4 Å². The van der Waals surface area contributed by atoms with E-state index in [1.54, 1.807) is 0 Å². The minimum Gasteiger partial charge on any atom is -0.370 e. The average Bonchev–Trinajstić information content (AvgIpc) is 2.77. The first-order valence-corrected chi connectivity index (χ1v) is 6.26. The van der Waals surface area contributed by atoms with Gasteiger partial charge in [0.2, 0.25) is 5.91 Å². The average molecular weight is 291 g/mol. The van der Waals surface area contributed by atoms with Crippen LogP contribution in [0.1, 0.15) is 28.8 Å². The molecule has 21 heavy (non-hydrogen) atoms. The molecule has 2 N–H and O–H groups in total. The summed E-state index contributed by atoms with van der Waals surface area (Å²) in [6, 6.07) is 3.41. The second-order valence-electron chi connectivity index (χ2n) is 4.70. The molecule has 0 radical (unpaired) electrons. The van der Waals surface area contributed by atoms with Crippen LogP contribution < -0.4 is 5.73 Å². The summed E-state index contributed by atoms with van der Waals surface area (Å²) in [5.74, 6) is -1.02. The van der Waals surface area contributed by atoms with Gasteiger partial charge < -0.3 is 15.4 Å². The Morgan fingerprint density at radius 2 is 2.24 bits per heavy atom. The van der Waals surface area contributed by atoms with Gasteiger partial charge in [-0.3, -0.25) is 19.7 Å². The molecule has 1 aromatic rings. The van der Waals surface area contributed by atoms with Crippen LogP contribution >= 0.6 is 0 Å². The molecule has 0 aromatic heterocycles. The Morgan fingerprint density at radius 1 is 1.52 bits per heavy atom. The van der Waals surface area contributed by atoms with Gasteiger partial charge in [0.05, 0.1) is 28.6 Å². The topological polar surface area (TPSA) is 124 Å². The predicted octanol–water partition coefficient (Wildman–Crippen LogP) is 0.384. The molecular weight excluding hydrogens is 278 g/mol. The van der Waals surface area contributed by atoms with E-state index >= 15 is 0 Å². The number of nitro groups is 1. The third kappa shape index (κ3) is 2.73. The highest BCUT2D eigenvalue weighted by molar-refractivity contribution is 6.00. The number of primary amides is 1. The lowest BCUT2D eigenvalue weighted by atomic mass is 10.1. The van der Waals surface area contributed by atoms with Crippen LogP contribution in [0.3, 0.4) is 0 Å². The van der Waals surface area contributed by atoms with Crippen LogP contribution in [0.5, 0.6) is 0 Å². The maximum absolute atomic E-state index is 12.2. The Kier molecular flexibility index (Phi) is 3.97. The standard InChI is InChI=1S/C13H13N3O5/c14-12(18)5-4-8(7-17)15-6-10-9(13(15)19)2-1-3-11(10)16(20)21/h1-3,7-8H,4-6H2,(H2,14,18). The molecule has 1 heterocycles. The second kappa shape index (κ2) is 5.70. The van der Waals surface area contributed by atoms with Gasteiger partial charge in [-0.25, -0.2) is 0 Å². The van der Waals surface area contributed by atoms with Gasteiger partial charge in [-0.1, -0.05) is 6.07 Å². The number of hydrogen-bond donors (Lipinski definition) is 1. The number of carbonyl (C=O) groups excluding carboxylic acids is 3. The molecule has 2 amide bonds. The number of rotatable bonds is 6. The van der Waals surface area contributed by atoms with E-state index in [4.69, 9.17) is 5.73 Å². The van der Waals surface area contributed by atoms with Crippen molar-refractivity contribution in [1.29, 1.82) is 0 Å². The maximum atomic E-state index is 12.2. The zero-order valence-corrected chi connectivity index (χ0v) is 11.0. The molecule has 0 aliphatic carbocycles. The molecule has 8 heteroatoms. The second-order valence-corrected chi connectivity index (χ2v) is 4.70. The molecule has 0 fully saturated rings. The number of nitrogens with zero attached hydrogens (tertiary/aromatic N) is 2. The van der Waals surface area contributed by atoms with Crippen LogP contribution in [0, 0.1) is 10.1 Å². The molecule has 1 unspecified atom stereocenters. The number of hydrogen-bond acceptors (Lipinski definition) is 5. The monoisotopic (exact) mass is 291 g/mol. The Balaban J connectivity index is 2.28. The van der Waals surface area contributed by atoms with Crippen molar-refractivity contribution in [3.63, 3.8) is 0 Å². The molecule has 1 aromatic carbocycles. The Hall–Kier alpha value is -2.77. The fourth-order valence-corrected chi connectivity index (χ4v) is 2.36. The predicted molar refractivity (Wildman–Crippen MR) is 71.3 cm³/mol. The maximum Gasteiger partial charge on any atom is 0.275 e. The van der Waals surface area contributed by atoms with Gasteiger partial charge in [-0.15, -0.1) is 0 Å². The lowest BCUT2D eigenvalue weighted by Crippen LogP contribution is -2.37. The molecule has 8 nitrogen and oxygen atoms in total. The van der Waals surface area contributed by atoms with E-state index in [0.29, 0.717) is 11.8 Å². The summed E-state index contributed by atoms with van der Waals surface area (Å²) in [5, 5.41) is 11.0. The molecular formula is C13H13N3O5. The third-order valence-corrected chi connectivity index (χ3v) is 3.41. The summed E-state index contributed by atoms with van der Waals surface area (Å²) < 4.78 is 0. The van der Waals surface area contributed by atoms with Gasteiger partial charge in [0.25, 0.3) is 11.6 Å². The number of carbonyl (C=O) groups is 3. The number of nitrogens with two attached hydrogens (primary N) is 1. The number of amides is 2. The van der Waals surface area contributed by atoms with Crippen molar-refractivity contribution in [2.45, 2.75) is 25.4 Å². The van der Waals surface area contributed by atoms with Crippen LogP contribution in [0.15, 0.2) is 18.2 Å². The van der Waals surface area contributed by atoms with Gasteiger partial charge in [-0.2, -0.15) is 0 Å². The highest BCUT2D eigenvalue weighted by atomic mass is 16.6. The highest BCUT2D eigenvalue weighted by Gasteiger charge is 2.36. The van der Waals surface area contributed by atoms with Gasteiger partial charge in [0, 0.05) is 12.5 Å². The highest BCUT2D eigenvalue weighted by Crippen LogP contribution is 2.32. The number of nitro benzene ring substituents is 1. The van der Waals surface area contributed by atoms with Gasteiger partial charge in [-0.05, 0) is 12.5 Å². The molecule has 110 valence electrons. The zero-order chi connectivity index (χ0) is 15.6. The van der Waals surface area contributed by atoms with Gasteiger partial charge in [0.1, 0.15) is 6.29 Å². The SMILES string of the molecule is NC(=O)CCC(C=O)N1Cc2c(cccc2[N+](=O)[O-])C1=O. The first-order valence-electron chi connectivity index (χ1n) is 6.26.